The molecule has 1 atom stereocenters. The highest BCUT2D eigenvalue weighted by Crippen LogP contribution is 2.39. The molecule has 0 radical (unpaired) electrons. The fraction of sp³-hybridized carbons (Fsp3) is 0.333. The molecule has 1 aromatic carbocycles. The topological polar surface area (TPSA) is 65.5 Å². The number of piperidine rings is 1. The van der Waals surface area contributed by atoms with Gasteiger partial charge in [0.1, 0.15) is 5.54 Å². The Morgan fingerprint density at radius 1 is 1.44 bits per heavy atom. The van der Waals surface area contributed by atoms with E-state index in [1.54, 1.807) is 23.7 Å². The predicted octanol–water partition coefficient (Wildman–Crippen LogP) is 3.58. The Kier molecular flexibility index (Phi) is 4.65. The Balaban J connectivity index is 1.57. The maximum atomic E-state index is 12.5. The molecule has 27 heavy (non-hydrogen) atoms. The lowest BCUT2D eigenvalue weighted by Crippen LogP contribution is -2.54. The number of Topliss-reactive ketones (excluding diaryl/α,β-unsaturated/α-hetero) is 1. The third-order valence-electron chi connectivity index (χ3n) is 5.03. The van der Waals surface area contributed by atoms with Gasteiger partial charge in [-0.2, -0.15) is 0 Å². The summed E-state index contributed by atoms with van der Waals surface area (Å²) in [7, 11) is 0. The lowest BCUT2D eigenvalue weighted by Gasteiger charge is -2.37. The average molecular weight is 421 g/mol. The second-order valence-electron chi connectivity index (χ2n) is 6.78. The minimum absolute atomic E-state index is 0.210. The van der Waals surface area contributed by atoms with Crippen molar-refractivity contribution in [1.29, 1.82) is 0 Å². The maximum Gasteiger partial charge on any atom is 0.284 e. The molecular weight excluding hydrogens is 404 g/mol. The second-order valence-corrected chi connectivity index (χ2v) is 8.45. The van der Waals surface area contributed by atoms with E-state index in [1.165, 1.54) is 11.3 Å². The van der Waals surface area contributed by atoms with Crippen LogP contribution in [0.1, 0.15) is 29.6 Å². The number of anilines is 2. The zero-order valence-electron chi connectivity index (χ0n) is 14.6. The van der Waals surface area contributed by atoms with Crippen LogP contribution >= 0.6 is 35.2 Å². The molecule has 2 aromatic rings. The molecule has 140 valence electrons. The number of aromatic nitrogens is 1. The maximum absolute atomic E-state index is 12.5. The minimum Gasteiger partial charge on any atom is -0.335 e. The van der Waals surface area contributed by atoms with E-state index in [1.807, 2.05) is 22.8 Å². The number of rotatable bonds is 3. The lowest BCUT2D eigenvalue weighted by atomic mass is 9.88. The number of ketones is 1. The van der Waals surface area contributed by atoms with E-state index in [0.717, 1.165) is 18.7 Å². The van der Waals surface area contributed by atoms with Gasteiger partial charge in [-0.15, -0.1) is 11.3 Å². The first-order valence-electron chi connectivity index (χ1n) is 8.53. The number of fused-ring (bicyclic) bond motifs is 1. The molecule has 0 saturated carbocycles. The number of hydrogen-bond acceptors (Lipinski definition) is 5. The van der Waals surface area contributed by atoms with Crippen LogP contribution in [0.5, 0.6) is 0 Å². The van der Waals surface area contributed by atoms with Crippen LogP contribution in [0.15, 0.2) is 29.8 Å². The van der Waals surface area contributed by atoms with E-state index in [0.29, 0.717) is 33.8 Å². The molecule has 4 rings (SSSR count). The summed E-state index contributed by atoms with van der Waals surface area (Å²) in [5, 5.41) is 6.00. The fourth-order valence-corrected chi connectivity index (χ4v) is 4.85. The molecule has 1 aromatic heterocycles. The summed E-state index contributed by atoms with van der Waals surface area (Å²) in [6.07, 6.45) is 2.98. The van der Waals surface area contributed by atoms with Crippen molar-refractivity contribution in [2.45, 2.75) is 25.3 Å². The van der Waals surface area contributed by atoms with Crippen molar-refractivity contribution in [2.24, 2.45) is 0 Å². The van der Waals surface area contributed by atoms with Gasteiger partial charge in [0.2, 0.25) is 0 Å². The summed E-state index contributed by atoms with van der Waals surface area (Å²) in [5.41, 5.74) is 0.711. The minimum atomic E-state index is -0.601. The number of thiazole rings is 1. The number of halogens is 1. The monoisotopic (exact) mass is 420 g/mol. The Labute approximate surface area is 171 Å². The van der Waals surface area contributed by atoms with Gasteiger partial charge in [0.25, 0.3) is 5.91 Å². The van der Waals surface area contributed by atoms with Crippen LogP contribution < -0.4 is 10.2 Å². The van der Waals surface area contributed by atoms with Gasteiger partial charge in [-0.3, -0.25) is 9.59 Å². The van der Waals surface area contributed by atoms with E-state index >= 15 is 0 Å². The Hall–Kier alpha value is -2.03. The molecule has 0 spiro atoms. The van der Waals surface area contributed by atoms with Crippen molar-refractivity contribution >= 4 is 63.3 Å². The molecule has 1 amide bonds. The molecule has 9 heteroatoms. The highest BCUT2D eigenvalue weighted by Gasteiger charge is 2.51. The number of benzene rings is 1. The zero-order valence-corrected chi connectivity index (χ0v) is 17.0. The van der Waals surface area contributed by atoms with Crippen LogP contribution in [0.4, 0.5) is 11.4 Å². The van der Waals surface area contributed by atoms with Crippen molar-refractivity contribution in [3.8, 4) is 0 Å². The summed E-state index contributed by atoms with van der Waals surface area (Å²) in [6, 6.07) is 5.28. The fourth-order valence-electron chi connectivity index (χ4n) is 3.58. The number of hydrogen-bond donors (Lipinski definition) is 1. The molecule has 3 heterocycles. The SMILES string of the molecule is CC12CN(c3ccc(NC(=O)c4nccs4)cc3Cl)C(=S)N1CCCC2=O. The quantitative estimate of drug-likeness (QED) is 0.765. The van der Waals surface area contributed by atoms with E-state index < -0.39 is 5.54 Å². The molecule has 1 N–H and O–H groups in total. The van der Waals surface area contributed by atoms with Crippen molar-refractivity contribution < 1.29 is 9.59 Å². The van der Waals surface area contributed by atoms with Gasteiger partial charge in [0.05, 0.1) is 17.3 Å². The summed E-state index contributed by atoms with van der Waals surface area (Å²) < 4.78 is 0. The Bertz CT molecular complexity index is 933. The summed E-state index contributed by atoms with van der Waals surface area (Å²) in [6.45, 7) is 3.20. The number of thiocarbonyl (C=S) groups is 1. The molecule has 2 aliphatic rings. The molecule has 1 unspecified atom stereocenters. The molecule has 2 saturated heterocycles. The van der Waals surface area contributed by atoms with E-state index in [-0.39, 0.29) is 11.7 Å². The normalized spacial score (nSPS) is 22.1. The Morgan fingerprint density at radius 3 is 2.93 bits per heavy atom. The molecular formula is C18H17ClN4O2S2. The number of carbonyl (C=O) groups excluding carboxylic acids is 2. The van der Waals surface area contributed by atoms with Crippen molar-refractivity contribution in [1.82, 2.24) is 9.88 Å². The van der Waals surface area contributed by atoms with Crippen molar-refractivity contribution in [3.05, 3.63) is 39.8 Å². The van der Waals surface area contributed by atoms with Gasteiger partial charge in [0.15, 0.2) is 15.9 Å². The van der Waals surface area contributed by atoms with Gasteiger partial charge in [-0.1, -0.05) is 11.6 Å². The van der Waals surface area contributed by atoms with Gasteiger partial charge in [-0.25, -0.2) is 4.98 Å². The molecule has 2 fully saturated rings. The Morgan fingerprint density at radius 2 is 2.26 bits per heavy atom. The van der Waals surface area contributed by atoms with Gasteiger partial charge in [0, 0.05) is 30.2 Å². The van der Waals surface area contributed by atoms with Crippen molar-refractivity contribution in [2.75, 3.05) is 23.3 Å². The average Bonchev–Trinajstić information content (AvgIpc) is 3.25. The standard InChI is InChI=1S/C18H17ClN4O2S2/c1-18-10-22(17(26)23(18)7-2-3-14(18)24)13-5-4-11(9-12(13)19)21-15(25)16-20-6-8-27-16/h4-6,8-9H,2-3,7,10H2,1H3,(H,21,25). The van der Waals surface area contributed by atoms with Gasteiger partial charge >= 0.3 is 0 Å². The molecule has 0 aliphatic carbocycles. The van der Waals surface area contributed by atoms with E-state index in [4.69, 9.17) is 23.8 Å². The third kappa shape index (κ3) is 3.11. The van der Waals surface area contributed by atoms with Crippen LogP contribution in [0.3, 0.4) is 0 Å². The smallest absolute Gasteiger partial charge is 0.284 e. The van der Waals surface area contributed by atoms with Crippen LogP contribution in [-0.2, 0) is 4.79 Å². The van der Waals surface area contributed by atoms with Gasteiger partial charge in [-0.05, 0) is 43.8 Å². The van der Waals surface area contributed by atoms with Crippen LogP contribution in [0, 0.1) is 0 Å². The van der Waals surface area contributed by atoms with E-state index in [2.05, 4.69) is 10.3 Å². The first kappa shape index (κ1) is 18.3. The first-order chi connectivity index (χ1) is 12.9. The van der Waals surface area contributed by atoms with Crippen LogP contribution in [0.2, 0.25) is 5.02 Å². The van der Waals surface area contributed by atoms with E-state index in [9.17, 15) is 9.59 Å². The number of carbonyl (C=O) groups is 2. The van der Waals surface area contributed by atoms with Gasteiger partial charge < -0.3 is 15.1 Å². The second kappa shape index (κ2) is 6.85. The van der Waals surface area contributed by atoms with Crippen LogP contribution in [0.25, 0.3) is 0 Å². The summed E-state index contributed by atoms with van der Waals surface area (Å²) >= 11 is 13.4. The highest BCUT2D eigenvalue weighted by atomic mass is 35.5. The van der Waals surface area contributed by atoms with Crippen molar-refractivity contribution in [3.63, 3.8) is 0 Å². The van der Waals surface area contributed by atoms with Crippen LogP contribution in [-0.4, -0.2) is 45.3 Å². The summed E-state index contributed by atoms with van der Waals surface area (Å²) in [4.78, 5) is 32.5. The lowest BCUT2D eigenvalue weighted by molar-refractivity contribution is -0.129. The number of nitrogens with zero attached hydrogens (tertiary/aromatic N) is 3. The highest BCUT2D eigenvalue weighted by molar-refractivity contribution is 7.80. The molecule has 0 bridgehead atoms. The largest absolute Gasteiger partial charge is 0.335 e. The number of nitrogens with one attached hydrogen (secondary N) is 1. The number of amides is 1. The molecule has 2 aliphatic heterocycles. The predicted molar refractivity (Wildman–Crippen MR) is 111 cm³/mol. The first-order valence-corrected chi connectivity index (χ1v) is 10.2. The molecule has 6 nitrogen and oxygen atoms in total. The summed E-state index contributed by atoms with van der Waals surface area (Å²) in [5.74, 6) is -0.0668. The zero-order chi connectivity index (χ0) is 19.2. The third-order valence-corrected chi connectivity index (χ3v) is 6.55.